The Bertz CT molecular complexity index is 355. The number of Topliss-reactive ketones (excluding diaryl/α,β-unsaturated/α-hetero) is 1. The van der Waals surface area contributed by atoms with E-state index in [-0.39, 0.29) is 6.61 Å². The Hall–Kier alpha value is -0.950. The van der Waals surface area contributed by atoms with E-state index in [0.717, 1.165) is 11.8 Å². The van der Waals surface area contributed by atoms with Crippen molar-refractivity contribution in [3.8, 4) is 0 Å². The van der Waals surface area contributed by atoms with Gasteiger partial charge in [-0.3, -0.25) is 14.5 Å². The minimum atomic E-state index is -1.06. The molecule has 16 heavy (non-hydrogen) atoms. The third-order valence-electron chi connectivity index (χ3n) is 1.96. The number of nitrogens with zero attached hydrogens (tertiary/aromatic N) is 1. The van der Waals surface area contributed by atoms with E-state index in [2.05, 4.69) is 4.74 Å². The predicted octanol–water partition coefficient (Wildman–Crippen LogP) is 0.367. The van der Waals surface area contributed by atoms with Gasteiger partial charge in [-0.2, -0.15) is 0 Å². The summed E-state index contributed by atoms with van der Waals surface area (Å²) in [6.07, 6.45) is 0. The molecule has 0 radical (unpaired) electrons. The number of hydrogen-bond acceptors (Lipinski definition) is 6. The quantitative estimate of drug-likeness (QED) is 0.315. The Kier molecular flexibility index (Phi) is 4.43. The van der Waals surface area contributed by atoms with Gasteiger partial charge in [0.05, 0.1) is 6.61 Å². The molecular formula is C9H11NO4S2. The van der Waals surface area contributed by atoms with Gasteiger partial charge in [0, 0.05) is 6.54 Å². The molecule has 5 nitrogen and oxygen atoms in total. The number of amides is 1. The molecule has 0 aromatic rings. The molecule has 0 N–H and O–H groups in total. The zero-order valence-electron chi connectivity index (χ0n) is 8.89. The minimum Gasteiger partial charge on any atom is -0.460 e. The number of carbonyl (C=O) groups is 3. The SMILES string of the molecule is CCOC(=O)C(=O)[C@@H]1SC(=S)N(CC)C1=O. The first-order valence-electron chi connectivity index (χ1n) is 4.75. The van der Waals surface area contributed by atoms with Gasteiger partial charge in [0.15, 0.2) is 5.25 Å². The van der Waals surface area contributed by atoms with Crippen LogP contribution in [0.15, 0.2) is 0 Å². The number of ether oxygens (including phenoxy) is 1. The fourth-order valence-electron chi connectivity index (χ4n) is 1.21. The van der Waals surface area contributed by atoms with Crippen LogP contribution in [0.2, 0.25) is 0 Å². The summed E-state index contributed by atoms with van der Waals surface area (Å²) in [4.78, 5) is 35.7. The summed E-state index contributed by atoms with van der Waals surface area (Å²) in [6, 6.07) is 0. The van der Waals surface area contributed by atoms with Crippen molar-refractivity contribution in [2.45, 2.75) is 19.1 Å². The Labute approximate surface area is 102 Å². The van der Waals surface area contributed by atoms with Gasteiger partial charge in [0.25, 0.3) is 5.78 Å². The number of hydrogen-bond donors (Lipinski definition) is 0. The van der Waals surface area contributed by atoms with Crippen LogP contribution in [0.5, 0.6) is 0 Å². The zero-order chi connectivity index (χ0) is 12.3. The van der Waals surface area contributed by atoms with Gasteiger partial charge in [-0.15, -0.1) is 0 Å². The Balaban J connectivity index is 2.76. The zero-order valence-corrected chi connectivity index (χ0v) is 10.5. The van der Waals surface area contributed by atoms with Crippen molar-refractivity contribution < 1.29 is 19.1 Å². The highest BCUT2D eigenvalue weighted by Crippen LogP contribution is 2.27. The normalized spacial score (nSPS) is 20.1. The number of thioether (sulfide) groups is 1. The lowest BCUT2D eigenvalue weighted by Gasteiger charge is -2.11. The topological polar surface area (TPSA) is 63.7 Å². The number of ketones is 1. The lowest BCUT2D eigenvalue weighted by atomic mass is 10.2. The third-order valence-corrected chi connectivity index (χ3v) is 3.54. The number of carbonyl (C=O) groups excluding carboxylic acids is 3. The van der Waals surface area contributed by atoms with Crippen LogP contribution in [0.1, 0.15) is 13.8 Å². The van der Waals surface area contributed by atoms with Gasteiger partial charge >= 0.3 is 5.97 Å². The highest BCUT2D eigenvalue weighted by Gasteiger charge is 2.43. The average molecular weight is 261 g/mol. The van der Waals surface area contributed by atoms with Crippen molar-refractivity contribution in [3.05, 3.63) is 0 Å². The molecule has 1 atom stereocenters. The van der Waals surface area contributed by atoms with E-state index in [1.165, 1.54) is 4.90 Å². The number of rotatable bonds is 4. The van der Waals surface area contributed by atoms with Gasteiger partial charge in [0.2, 0.25) is 5.91 Å². The maximum Gasteiger partial charge on any atom is 0.376 e. The molecule has 0 unspecified atom stereocenters. The molecule has 1 heterocycles. The fourth-order valence-corrected chi connectivity index (χ4v) is 2.69. The molecule has 1 amide bonds. The monoisotopic (exact) mass is 261 g/mol. The molecule has 0 aromatic heterocycles. The Morgan fingerprint density at radius 1 is 1.50 bits per heavy atom. The molecule has 1 aliphatic rings. The molecule has 7 heteroatoms. The van der Waals surface area contributed by atoms with Gasteiger partial charge in [0.1, 0.15) is 4.32 Å². The van der Waals surface area contributed by atoms with Crippen molar-refractivity contribution in [1.82, 2.24) is 4.90 Å². The molecule has 0 bridgehead atoms. The smallest absolute Gasteiger partial charge is 0.376 e. The molecule has 1 rings (SSSR count). The minimum absolute atomic E-state index is 0.109. The van der Waals surface area contributed by atoms with Gasteiger partial charge < -0.3 is 4.74 Å². The van der Waals surface area contributed by atoms with Crippen LogP contribution in [0.25, 0.3) is 0 Å². The lowest BCUT2D eigenvalue weighted by molar-refractivity contribution is -0.154. The van der Waals surface area contributed by atoms with Crippen LogP contribution in [-0.2, 0) is 19.1 Å². The van der Waals surface area contributed by atoms with E-state index in [1.807, 2.05) is 0 Å². The number of esters is 1. The van der Waals surface area contributed by atoms with E-state index in [1.54, 1.807) is 13.8 Å². The highest BCUT2D eigenvalue weighted by atomic mass is 32.2. The standard InChI is InChI=1S/C9H11NO4S2/c1-3-10-7(12)6(16-9(10)15)5(11)8(13)14-4-2/h6H,3-4H2,1-2H3/t6-/m0/s1. The predicted molar refractivity (Wildman–Crippen MR) is 63.0 cm³/mol. The maximum absolute atomic E-state index is 11.7. The molecule has 0 aliphatic carbocycles. The van der Waals surface area contributed by atoms with Gasteiger partial charge in [-0.25, -0.2) is 4.79 Å². The van der Waals surface area contributed by atoms with Crippen LogP contribution in [0.4, 0.5) is 0 Å². The summed E-state index contributed by atoms with van der Waals surface area (Å²) in [6.45, 7) is 3.86. The summed E-state index contributed by atoms with van der Waals surface area (Å²) in [5, 5.41) is -1.06. The van der Waals surface area contributed by atoms with E-state index in [0.29, 0.717) is 10.9 Å². The first kappa shape index (κ1) is 13.1. The van der Waals surface area contributed by atoms with Crippen LogP contribution in [0, 0.1) is 0 Å². The molecule has 1 fully saturated rings. The van der Waals surface area contributed by atoms with Crippen molar-refractivity contribution in [2.75, 3.05) is 13.2 Å². The Morgan fingerprint density at radius 2 is 2.12 bits per heavy atom. The first-order valence-corrected chi connectivity index (χ1v) is 6.04. The molecule has 0 spiro atoms. The maximum atomic E-state index is 11.7. The summed E-state index contributed by atoms with van der Waals surface area (Å²) in [7, 11) is 0. The molecule has 88 valence electrons. The van der Waals surface area contributed by atoms with Crippen molar-refractivity contribution in [3.63, 3.8) is 0 Å². The van der Waals surface area contributed by atoms with Crippen molar-refractivity contribution >= 4 is 46.0 Å². The second-order valence-corrected chi connectivity index (χ2v) is 4.67. The van der Waals surface area contributed by atoms with E-state index >= 15 is 0 Å². The van der Waals surface area contributed by atoms with E-state index < -0.39 is 22.9 Å². The number of thiocarbonyl (C=S) groups is 1. The Morgan fingerprint density at radius 3 is 2.56 bits per heavy atom. The molecule has 0 aromatic carbocycles. The average Bonchev–Trinajstić information content (AvgIpc) is 2.53. The largest absolute Gasteiger partial charge is 0.460 e. The van der Waals surface area contributed by atoms with Crippen LogP contribution >= 0.6 is 24.0 Å². The van der Waals surface area contributed by atoms with Crippen LogP contribution in [-0.4, -0.2) is 45.3 Å². The molecular weight excluding hydrogens is 250 g/mol. The summed E-state index contributed by atoms with van der Waals surface area (Å²) in [5.41, 5.74) is 0. The molecule has 0 saturated carbocycles. The van der Waals surface area contributed by atoms with Gasteiger partial charge in [-0.1, -0.05) is 24.0 Å². The first-order chi connectivity index (χ1) is 7.52. The van der Waals surface area contributed by atoms with Crippen molar-refractivity contribution in [2.24, 2.45) is 0 Å². The van der Waals surface area contributed by atoms with Crippen LogP contribution in [0.3, 0.4) is 0 Å². The second-order valence-electron chi connectivity index (χ2n) is 2.93. The van der Waals surface area contributed by atoms with E-state index in [4.69, 9.17) is 12.2 Å². The van der Waals surface area contributed by atoms with Gasteiger partial charge in [-0.05, 0) is 13.8 Å². The summed E-state index contributed by atoms with van der Waals surface area (Å²) in [5.74, 6) is -2.25. The third kappa shape index (κ3) is 2.41. The molecule has 1 aliphatic heterocycles. The highest BCUT2D eigenvalue weighted by molar-refractivity contribution is 8.24. The lowest BCUT2D eigenvalue weighted by Crippen LogP contribution is -2.37. The molecule has 1 saturated heterocycles. The summed E-state index contributed by atoms with van der Waals surface area (Å²) < 4.78 is 4.88. The summed E-state index contributed by atoms with van der Waals surface area (Å²) >= 11 is 5.85. The second kappa shape index (κ2) is 5.40. The van der Waals surface area contributed by atoms with Crippen molar-refractivity contribution in [1.29, 1.82) is 0 Å². The van der Waals surface area contributed by atoms with E-state index in [9.17, 15) is 14.4 Å². The fraction of sp³-hybridized carbons (Fsp3) is 0.556. The van der Waals surface area contributed by atoms with Crippen LogP contribution < -0.4 is 0 Å².